The number of hydrogen-bond acceptors (Lipinski definition) is 4. The number of amides is 2. The normalized spacial score (nSPS) is 14.0. The van der Waals surface area contributed by atoms with Gasteiger partial charge in [-0.3, -0.25) is 4.68 Å². The highest BCUT2D eigenvalue weighted by molar-refractivity contribution is 5.92. The first-order chi connectivity index (χ1) is 11.2. The number of rotatable bonds is 5. The maximum absolute atomic E-state index is 12.1. The van der Waals surface area contributed by atoms with Gasteiger partial charge in [-0.1, -0.05) is 0 Å². The number of carbonyl (C=O) groups excluding carboxylic acids is 1. The zero-order valence-electron chi connectivity index (χ0n) is 13.3. The second kappa shape index (κ2) is 7.13. The van der Waals surface area contributed by atoms with Crippen LogP contribution in [0.25, 0.3) is 0 Å². The van der Waals surface area contributed by atoms with Gasteiger partial charge in [-0.25, -0.2) is 9.78 Å². The van der Waals surface area contributed by atoms with Crippen molar-refractivity contribution in [1.29, 1.82) is 0 Å². The lowest BCUT2D eigenvalue weighted by Gasteiger charge is -2.20. The first-order valence-corrected chi connectivity index (χ1v) is 7.95. The zero-order chi connectivity index (χ0) is 16.1. The first-order valence-electron chi connectivity index (χ1n) is 7.95. The minimum atomic E-state index is -0.206. The van der Waals surface area contributed by atoms with Crippen LogP contribution >= 0.6 is 0 Å². The number of aromatic nitrogens is 3. The molecule has 1 fully saturated rings. The van der Waals surface area contributed by atoms with Crippen LogP contribution in [0.5, 0.6) is 0 Å². The summed E-state index contributed by atoms with van der Waals surface area (Å²) in [7, 11) is 1.88. The molecule has 2 aromatic rings. The van der Waals surface area contributed by atoms with Crippen LogP contribution in [0, 0.1) is 0 Å². The third kappa shape index (κ3) is 4.00. The third-order valence-electron chi connectivity index (χ3n) is 3.90. The highest BCUT2D eigenvalue weighted by Crippen LogP contribution is 2.25. The molecule has 7 heteroatoms. The van der Waals surface area contributed by atoms with Crippen LogP contribution in [-0.4, -0.2) is 40.4 Å². The van der Waals surface area contributed by atoms with Gasteiger partial charge in [-0.15, -0.1) is 0 Å². The van der Waals surface area contributed by atoms with E-state index in [2.05, 4.69) is 25.6 Å². The number of pyridine rings is 1. The maximum atomic E-state index is 12.1. The minimum absolute atomic E-state index is 0.206. The van der Waals surface area contributed by atoms with Crippen molar-refractivity contribution in [2.24, 2.45) is 7.05 Å². The number of urea groups is 1. The molecule has 2 amide bonds. The van der Waals surface area contributed by atoms with Crippen molar-refractivity contribution >= 4 is 17.5 Å². The molecule has 0 aromatic carbocycles. The lowest BCUT2D eigenvalue weighted by Crippen LogP contribution is -2.31. The molecule has 1 saturated heterocycles. The summed E-state index contributed by atoms with van der Waals surface area (Å²) in [5.41, 5.74) is 1.86. The molecule has 2 N–H and O–H groups in total. The summed E-state index contributed by atoms with van der Waals surface area (Å²) in [4.78, 5) is 18.7. The number of anilines is 2. The Bertz CT molecular complexity index is 662. The molecule has 3 heterocycles. The van der Waals surface area contributed by atoms with Gasteiger partial charge in [0.15, 0.2) is 5.82 Å². The highest BCUT2D eigenvalue weighted by Gasteiger charge is 2.17. The summed E-state index contributed by atoms with van der Waals surface area (Å²) < 4.78 is 1.76. The van der Waals surface area contributed by atoms with E-state index >= 15 is 0 Å². The molecule has 1 aliphatic heterocycles. The van der Waals surface area contributed by atoms with Crippen molar-refractivity contribution in [2.75, 3.05) is 29.9 Å². The van der Waals surface area contributed by atoms with Gasteiger partial charge in [0.25, 0.3) is 0 Å². The Balaban J connectivity index is 1.53. The maximum Gasteiger partial charge on any atom is 0.319 e. The fraction of sp³-hybridized carbons (Fsp3) is 0.438. The molecule has 23 heavy (non-hydrogen) atoms. The zero-order valence-corrected chi connectivity index (χ0v) is 13.3. The van der Waals surface area contributed by atoms with Crippen LogP contribution in [0.4, 0.5) is 16.3 Å². The summed E-state index contributed by atoms with van der Waals surface area (Å²) in [5, 5.41) is 9.89. The van der Waals surface area contributed by atoms with Crippen LogP contribution in [-0.2, 0) is 13.5 Å². The van der Waals surface area contributed by atoms with Gasteiger partial charge in [0.1, 0.15) is 0 Å². The summed E-state index contributed by atoms with van der Waals surface area (Å²) in [5.74, 6) is 0.854. The molecule has 122 valence electrons. The smallest absolute Gasteiger partial charge is 0.319 e. The summed E-state index contributed by atoms with van der Waals surface area (Å²) in [6.07, 6.45) is 8.63. The Labute approximate surface area is 135 Å². The summed E-state index contributed by atoms with van der Waals surface area (Å²) in [6, 6.07) is 3.52. The van der Waals surface area contributed by atoms with E-state index < -0.39 is 0 Å². The number of nitrogens with zero attached hydrogens (tertiary/aromatic N) is 4. The van der Waals surface area contributed by atoms with Gasteiger partial charge >= 0.3 is 6.03 Å². The standard InChI is InChI=1S/C16H22N6O/c1-21-12-13(11-19-21)6-8-18-16(23)20-14-5-4-7-17-15(14)22-9-2-3-10-22/h4-5,7,11-12H,2-3,6,8-10H2,1H3,(H2,18,20,23). The Morgan fingerprint density at radius 1 is 1.35 bits per heavy atom. The first kappa shape index (κ1) is 15.3. The number of nitrogens with one attached hydrogen (secondary N) is 2. The fourth-order valence-corrected chi connectivity index (χ4v) is 2.76. The van der Waals surface area contributed by atoms with Crippen LogP contribution in [0.3, 0.4) is 0 Å². The van der Waals surface area contributed by atoms with E-state index in [0.29, 0.717) is 6.54 Å². The topological polar surface area (TPSA) is 75.1 Å². The predicted octanol–water partition coefficient (Wildman–Crippen LogP) is 1.78. The molecule has 0 saturated carbocycles. The summed E-state index contributed by atoms with van der Waals surface area (Å²) in [6.45, 7) is 2.56. The Morgan fingerprint density at radius 2 is 2.17 bits per heavy atom. The van der Waals surface area contributed by atoms with Gasteiger partial charge < -0.3 is 15.5 Å². The van der Waals surface area contributed by atoms with Gasteiger partial charge in [-0.2, -0.15) is 5.10 Å². The quantitative estimate of drug-likeness (QED) is 0.882. The van der Waals surface area contributed by atoms with E-state index in [-0.39, 0.29) is 6.03 Å². The monoisotopic (exact) mass is 314 g/mol. The van der Waals surface area contributed by atoms with E-state index in [4.69, 9.17) is 0 Å². The lowest BCUT2D eigenvalue weighted by atomic mass is 10.2. The van der Waals surface area contributed by atoms with Crippen molar-refractivity contribution in [3.05, 3.63) is 36.3 Å². The Morgan fingerprint density at radius 3 is 2.91 bits per heavy atom. The van der Waals surface area contributed by atoms with E-state index in [0.717, 1.165) is 36.6 Å². The van der Waals surface area contributed by atoms with Gasteiger partial charge in [0.2, 0.25) is 0 Å². The van der Waals surface area contributed by atoms with Crippen LogP contribution in [0.15, 0.2) is 30.7 Å². The average molecular weight is 314 g/mol. The molecular weight excluding hydrogens is 292 g/mol. The lowest BCUT2D eigenvalue weighted by molar-refractivity contribution is 0.252. The molecule has 0 unspecified atom stereocenters. The van der Waals surface area contributed by atoms with Crippen molar-refractivity contribution in [1.82, 2.24) is 20.1 Å². The Hall–Kier alpha value is -2.57. The van der Waals surface area contributed by atoms with Gasteiger partial charge in [0, 0.05) is 39.1 Å². The van der Waals surface area contributed by atoms with Crippen LogP contribution < -0.4 is 15.5 Å². The molecule has 0 radical (unpaired) electrons. The molecule has 0 atom stereocenters. The number of aryl methyl sites for hydroxylation is 1. The predicted molar refractivity (Wildman–Crippen MR) is 89.6 cm³/mol. The van der Waals surface area contributed by atoms with Crippen molar-refractivity contribution in [3.63, 3.8) is 0 Å². The van der Waals surface area contributed by atoms with Gasteiger partial charge in [-0.05, 0) is 37.0 Å². The molecule has 2 aromatic heterocycles. The van der Waals surface area contributed by atoms with Crippen LogP contribution in [0.2, 0.25) is 0 Å². The van der Waals surface area contributed by atoms with E-state index in [1.165, 1.54) is 12.8 Å². The molecule has 7 nitrogen and oxygen atoms in total. The molecular formula is C16H22N6O. The molecule has 0 spiro atoms. The number of hydrogen-bond donors (Lipinski definition) is 2. The van der Waals surface area contributed by atoms with E-state index in [1.807, 2.05) is 31.6 Å². The van der Waals surface area contributed by atoms with E-state index in [9.17, 15) is 4.79 Å². The van der Waals surface area contributed by atoms with Crippen molar-refractivity contribution < 1.29 is 4.79 Å². The molecule has 3 rings (SSSR count). The minimum Gasteiger partial charge on any atom is -0.355 e. The largest absolute Gasteiger partial charge is 0.355 e. The second-order valence-electron chi connectivity index (χ2n) is 5.72. The highest BCUT2D eigenvalue weighted by atomic mass is 16.2. The molecule has 1 aliphatic rings. The SMILES string of the molecule is Cn1cc(CCNC(=O)Nc2cccnc2N2CCCC2)cn1. The van der Waals surface area contributed by atoms with E-state index in [1.54, 1.807) is 10.9 Å². The molecule has 0 aliphatic carbocycles. The fourth-order valence-electron chi connectivity index (χ4n) is 2.76. The van der Waals surface area contributed by atoms with Gasteiger partial charge in [0.05, 0.1) is 11.9 Å². The third-order valence-corrected chi connectivity index (χ3v) is 3.90. The van der Waals surface area contributed by atoms with Crippen molar-refractivity contribution in [3.8, 4) is 0 Å². The summed E-state index contributed by atoms with van der Waals surface area (Å²) >= 11 is 0. The average Bonchev–Trinajstić information content (AvgIpc) is 3.20. The van der Waals surface area contributed by atoms with Crippen LogP contribution in [0.1, 0.15) is 18.4 Å². The second-order valence-corrected chi connectivity index (χ2v) is 5.72. The van der Waals surface area contributed by atoms with Crippen molar-refractivity contribution in [2.45, 2.75) is 19.3 Å². The number of carbonyl (C=O) groups is 1. The molecule has 0 bridgehead atoms. The Kier molecular flexibility index (Phi) is 4.75.